The highest BCUT2D eigenvalue weighted by Gasteiger charge is 1.98. The molecule has 3 nitrogen and oxygen atoms in total. The highest BCUT2D eigenvalue weighted by molar-refractivity contribution is 7.15. The van der Waals surface area contributed by atoms with Gasteiger partial charge in [0.05, 0.1) is 12.8 Å². The molecule has 5 heteroatoms. The maximum absolute atomic E-state index is 5.76. The molecule has 0 aliphatic rings. The molecule has 0 fully saturated rings. The summed E-state index contributed by atoms with van der Waals surface area (Å²) in [4.78, 5) is 4.15. The second-order valence-electron chi connectivity index (χ2n) is 3.20. The lowest BCUT2D eigenvalue weighted by Crippen LogP contribution is -2.19. The predicted octanol–water partition coefficient (Wildman–Crippen LogP) is 2.70. The summed E-state index contributed by atoms with van der Waals surface area (Å²) in [6.07, 6.45) is 4.01. The minimum absolute atomic E-state index is 0.742. The zero-order valence-electron chi connectivity index (χ0n) is 8.96. The van der Waals surface area contributed by atoms with Crippen molar-refractivity contribution in [2.24, 2.45) is 0 Å². The van der Waals surface area contributed by atoms with Crippen molar-refractivity contribution in [1.82, 2.24) is 10.3 Å². The van der Waals surface area contributed by atoms with Crippen LogP contribution in [-0.2, 0) is 11.3 Å². The molecule has 0 saturated heterocycles. The SMILES string of the molecule is CCCCOCCNCc1ncc(Cl)s1. The zero-order chi connectivity index (χ0) is 10.9. The molecular weight excluding hydrogens is 232 g/mol. The van der Waals surface area contributed by atoms with E-state index in [0.29, 0.717) is 0 Å². The first kappa shape index (κ1) is 12.9. The number of aromatic nitrogens is 1. The molecule has 0 radical (unpaired) electrons. The maximum atomic E-state index is 5.76. The summed E-state index contributed by atoms with van der Waals surface area (Å²) in [5.74, 6) is 0. The van der Waals surface area contributed by atoms with Crippen molar-refractivity contribution in [2.45, 2.75) is 26.3 Å². The first-order chi connectivity index (χ1) is 7.33. The zero-order valence-corrected chi connectivity index (χ0v) is 10.5. The standard InChI is InChI=1S/C10H17ClN2OS/c1-2-3-5-14-6-4-12-8-10-13-7-9(11)15-10/h7,12H,2-6,8H2,1H3. The van der Waals surface area contributed by atoms with E-state index in [9.17, 15) is 0 Å². The Hall–Kier alpha value is -0.160. The van der Waals surface area contributed by atoms with Crippen molar-refractivity contribution < 1.29 is 4.74 Å². The minimum atomic E-state index is 0.742. The Labute approximate surface area is 99.8 Å². The second-order valence-corrected chi connectivity index (χ2v) is 4.95. The largest absolute Gasteiger partial charge is 0.380 e. The van der Waals surface area contributed by atoms with Gasteiger partial charge in [0, 0.05) is 19.7 Å². The van der Waals surface area contributed by atoms with Crippen molar-refractivity contribution in [3.8, 4) is 0 Å². The molecule has 0 aliphatic carbocycles. The molecule has 0 spiro atoms. The fraction of sp³-hybridized carbons (Fsp3) is 0.700. The van der Waals surface area contributed by atoms with Gasteiger partial charge in [-0.1, -0.05) is 24.9 Å². The Morgan fingerprint density at radius 2 is 2.40 bits per heavy atom. The third kappa shape index (κ3) is 6.10. The topological polar surface area (TPSA) is 34.1 Å². The maximum Gasteiger partial charge on any atom is 0.113 e. The van der Waals surface area contributed by atoms with E-state index in [0.717, 1.165) is 42.1 Å². The highest BCUT2D eigenvalue weighted by Crippen LogP contribution is 2.17. The van der Waals surface area contributed by atoms with Gasteiger partial charge in [-0.2, -0.15) is 0 Å². The monoisotopic (exact) mass is 248 g/mol. The molecule has 1 rings (SSSR count). The number of nitrogens with one attached hydrogen (secondary N) is 1. The Kier molecular flexibility index (Phi) is 6.92. The Balaban J connectivity index is 1.93. The van der Waals surface area contributed by atoms with Crippen LogP contribution in [0.4, 0.5) is 0 Å². The van der Waals surface area contributed by atoms with Gasteiger partial charge < -0.3 is 10.1 Å². The highest BCUT2D eigenvalue weighted by atomic mass is 35.5. The first-order valence-corrected chi connectivity index (χ1v) is 6.41. The van der Waals surface area contributed by atoms with E-state index < -0.39 is 0 Å². The number of ether oxygens (including phenoxy) is 1. The average molecular weight is 249 g/mol. The van der Waals surface area contributed by atoms with E-state index in [1.54, 1.807) is 6.20 Å². The second kappa shape index (κ2) is 8.05. The summed E-state index contributed by atoms with van der Waals surface area (Å²) in [6.45, 7) is 5.42. The summed E-state index contributed by atoms with van der Waals surface area (Å²) in [5, 5.41) is 4.28. The molecule has 0 unspecified atom stereocenters. The lowest BCUT2D eigenvalue weighted by molar-refractivity contribution is 0.133. The molecule has 0 bridgehead atoms. The van der Waals surface area contributed by atoms with Gasteiger partial charge in [0.1, 0.15) is 9.34 Å². The van der Waals surface area contributed by atoms with Gasteiger partial charge in [0.15, 0.2) is 0 Å². The number of nitrogens with zero attached hydrogens (tertiary/aromatic N) is 1. The molecule has 15 heavy (non-hydrogen) atoms. The van der Waals surface area contributed by atoms with Gasteiger partial charge >= 0.3 is 0 Å². The van der Waals surface area contributed by atoms with Crippen LogP contribution < -0.4 is 5.32 Å². The summed E-state index contributed by atoms with van der Waals surface area (Å²) in [6, 6.07) is 0. The molecule has 0 aliphatic heterocycles. The van der Waals surface area contributed by atoms with Crippen LogP contribution in [0.3, 0.4) is 0 Å². The smallest absolute Gasteiger partial charge is 0.113 e. The quantitative estimate of drug-likeness (QED) is 0.719. The van der Waals surface area contributed by atoms with E-state index in [4.69, 9.17) is 16.3 Å². The van der Waals surface area contributed by atoms with Gasteiger partial charge in [0.2, 0.25) is 0 Å². The number of thiazole rings is 1. The minimum Gasteiger partial charge on any atom is -0.380 e. The molecule has 1 heterocycles. The molecule has 0 amide bonds. The molecule has 0 saturated carbocycles. The summed E-state index contributed by atoms with van der Waals surface area (Å²) >= 11 is 7.27. The fourth-order valence-corrected chi connectivity index (χ4v) is 1.98. The van der Waals surface area contributed by atoms with E-state index >= 15 is 0 Å². The Morgan fingerprint density at radius 1 is 1.53 bits per heavy atom. The lowest BCUT2D eigenvalue weighted by Gasteiger charge is -2.03. The number of halogens is 1. The van der Waals surface area contributed by atoms with Gasteiger partial charge in [-0.3, -0.25) is 0 Å². The van der Waals surface area contributed by atoms with Crippen LogP contribution >= 0.6 is 22.9 Å². The van der Waals surface area contributed by atoms with Crippen molar-refractivity contribution in [2.75, 3.05) is 19.8 Å². The molecule has 1 aromatic heterocycles. The lowest BCUT2D eigenvalue weighted by atomic mass is 10.4. The van der Waals surface area contributed by atoms with Gasteiger partial charge in [-0.15, -0.1) is 11.3 Å². The summed E-state index contributed by atoms with van der Waals surface area (Å²) in [7, 11) is 0. The molecule has 1 aromatic rings. The Bertz CT molecular complexity index is 268. The number of unbranched alkanes of at least 4 members (excludes halogenated alkanes) is 1. The van der Waals surface area contributed by atoms with Gasteiger partial charge in [-0.25, -0.2) is 4.98 Å². The number of hydrogen-bond acceptors (Lipinski definition) is 4. The van der Waals surface area contributed by atoms with Crippen molar-refractivity contribution in [3.05, 3.63) is 15.5 Å². The van der Waals surface area contributed by atoms with Crippen molar-refractivity contribution >= 4 is 22.9 Å². The van der Waals surface area contributed by atoms with Crippen LogP contribution in [-0.4, -0.2) is 24.7 Å². The van der Waals surface area contributed by atoms with Crippen molar-refractivity contribution in [3.63, 3.8) is 0 Å². The normalized spacial score (nSPS) is 10.8. The van der Waals surface area contributed by atoms with Crippen molar-refractivity contribution in [1.29, 1.82) is 0 Å². The summed E-state index contributed by atoms with van der Waals surface area (Å²) in [5.41, 5.74) is 0. The molecule has 1 N–H and O–H groups in total. The molecule has 0 aromatic carbocycles. The van der Waals surface area contributed by atoms with Crippen LogP contribution in [0.25, 0.3) is 0 Å². The predicted molar refractivity (Wildman–Crippen MR) is 64.6 cm³/mol. The van der Waals surface area contributed by atoms with Crippen LogP contribution in [0.1, 0.15) is 24.8 Å². The van der Waals surface area contributed by atoms with Crippen LogP contribution in [0.2, 0.25) is 4.34 Å². The van der Waals surface area contributed by atoms with Crippen LogP contribution in [0, 0.1) is 0 Å². The van der Waals surface area contributed by atoms with E-state index in [2.05, 4.69) is 17.2 Å². The Morgan fingerprint density at radius 3 is 3.07 bits per heavy atom. The number of rotatable bonds is 8. The average Bonchev–Trinajstić information content (AvgIpc) is 2.63. The fourth-order valence-electron chi connectivity index (χ4n) is 1.06. The van der Waals surface area contributed by atoms with Crippen LogP contribution in [0.5, 0.6) is 0 Å². The molecule has 86 valence electrons. The third-order valence-corrected chi connectivity index (χ3v) is 2.98. The van der Waals surface area contributed by atoms with Crippen LogP contribution in [0.15, 0.2) is 6.20 Å². The van der Waals surface area contributed by atoms with E-state index in [1.165, 1.54) is 17.8 Å². The van der Waals surface area contributed by atoms with E-state index in [-0.39, 0.29) is 0 Å². The summed E-state index contributed by atoms with van der Waals surface area (Å²) < 4.78 is 6.15. The number of hydrogen-bond donors (Lipinski definition) is 1. The third-order valence-electron chi connectivity index (χ3n) is 1.87. The van der Waals surface area contributed by atoms with E-state index in [1.807, 2.05) is 0 Å². The molecule has 0 atom stereocenters. The first-order valence-electron chi connectivity index (χ1n) is 5.21. The van der Waals surface area contributed by atoms with Gasteiger partial charge in [-0.05, 0) is 6.42 Å². The molecular formula is C10H17ClN2OS. The van der Waals surface area contributed by atoms with Gasteiger partial charge in [0.25, 0.3) is 0 Å².